The molecular weight excluding hydrogens is 462 g/mol. The molecule has 1 N–H and O–H groups in total. The summed E-state index contributed by atoms with van der Waals surface area (Å²) in [5.41, 5.74) is 1.92. The van der Waals surface area contributed by atoms with Crippen LogP contribution in [0.3, 0.4) is 0 Å². The SMILES string of the molecule is COC(=O)CC(c1ccc(Cl)c(NC[C@H](c2ccc(Cl)cc2)[C@@H](C)C(F)(F)F)c1)C(C)C. The number of rotatable bonds is 9. The molecule has 2 rings (SSSR count). The van der Waals surface area contributed by atoms with Crippen LogP contribution in [0.2, 0.25) is 10.0 Å². The molecule has 176 valence electrons. The fraction of sp³-hybridized carbons (Fsp3) is 0.458. The van der Waals surface area contributed by atoms with Gasteiger partial charge < -0.3 is 10.1 Å². The van der Waals surface area contributed by atoms with Crippen LogP contribution in [0.4, 0.5) is 18.9 Å². The standard InChI is InChI=1S/C24H28Cl2F3NO2/c1-14(2)19(12-23(31)32-4)17-7-10-21(26)22(11-17)30-13-20(15(3)24(27,28)29)16-5-8-18(25)9-6-16/h5-11,14-15,19-20,30H,12-13H2,1-4H3/t15-,19?,20+/m1/s1. The number of halogens is 5. The van der Waals surface area contributed by atoms with E-state index in [2.05, 4.69) is 5.32 Å². The molecule has 0 saturated heterocycles. The van der Waals surface area contributed by atoms with Crippen molar-refractivity contribution in [1.82, 2.24) is 0 Å². The third kappa shape index (κ3) is 7.04. The molecule has 32 heavy (non-hydrogen) atoms. The summed E-state index contributed by atoms with van der Waals surface area (Å²) in [5, 5.41) is 3.95. The average molecular weight is 490 g/mol. The number of alkyl halides is 3. The number of esters is 1. The lowest BCUT2D eigenvalue weighted by Crippen LogP contribution is -2.30. The minimum Gasteiger partial charge on any atom is -0.469 e. The van der Waals surface area contributed by atoms with Gasteiger partial charge in [0, 0.05) is 17.5 Å². The van der Waals surface area contributed by atoms with E-state index in [1.807, 2.05) is 19.9 Å². The van der Waals surface area contributed by atoms with E-state index in [9.17, 15) is 18.0 Å². The molecule has 8 heteroatoms. The fourth-order valence-electron chi connectivity index (χ4n) is 3.65. The third-order valence-corrected chi connectivity index (χ3v) is 6.35. The lowest BCUT2D eigenvalue weighted by molar-refractivity contribution is -0.174. The number of carbonyl (C=O) groups excluding carboxylic acids is 1. The summed E-state index contributed by atoms with van der Waals surface area (Å²) in [6.45, 7) is 5.19. The Hall–Kier alpha value is -1.92. The molecule has 3 nitrogen and oxygen atoms in total. The molecule has 0 heterocycles. The Morgan fingerprint density at radius 1 is 1.00 bits per heavy atom. The number of hydrogen-bond acceptors (Lipinski definition) is 3. The van der Waals surface area contributed by atoms with Crippen molar-refractivity contribution in [1.29, 1.82) is 0 Å². The first-order valence-electron chi connectivity index (χ1n) is 10.4. The van der Waals surface area contributed by atoms with Crippen LogP contribution in [-0.2, 0) is 9.53 Å². The lowest BCUT2D eigenvalue weighted by atomic mass is 9.85. The smallest absolute Gasteiger partial charge is 0.392 e. The van der Waals surface area contributed by atoms with Gasteiger partial charge in [0.15, 0.2) is 0 Å². The second-order valence-corrected chi connectivity index (χ2v) is 9.08. The molecule has 0 aromatic heterocycles. The molecule has 3 atom stereocenters. The van der Waals surface area contributed by atoms with Crippen molar-refractivity contribution in [2.24, 2.45) is 11.8 Å². The monoisotopic (exact) mass is 489 g/mol. The molecule has 0 radical (unpaired) electrons. The van der Waals surface area contributed by atoms with Crippen LogP contribution in [0.15, 0.2) is 42.5 Å². The second-order valence-electron chi connectivity index (χ2n) is 8.24. The Morgan fingerprint density at radius 3 is 2.12 bits per heavy atom. The zero-order valence-electron chi connectivity index (χ0n) is 18.5. The number of methoxy groups -OCH3 is 1. The average Bonchev–Trinajstić information content (AvgIpc) is 2.73. The van der Waals surface area contributed by atoms with Gasteiger partial charge in [-0.3, -0.25) is 4.79 Å². The van der Waals surface area contributed by atoms with E-state index >= 15 is 0 Å². The Bertz CT molecular complexity index is 901. The van der Waals surface area contributed by atoms with Crippen molar-refractivity contribution in [3.8, 4) is 0 Å². The van der Waals surface area contributed by atoms with Crippen LogP contribution in [0, 0.1) is 11.8 Å². The number of anilines is 1. The highest BCUT2D eigenvalue weighted by Crippen LogP contribution is 2.39. The zero-order chi connectivity index (χ0) is 24.1. The van der Waals surface area contributed by atoms with E-state index in [0.29, 0.717) is 21.3 Å². The van der Waals surface area contributed by atoms with Crippen molar-refractivity contribution >= 4 is 34.9 Å². The summed E-state index contributed by atoms with van der Waals surface area (Å²) in [4.78, 5) is 11.8. The van der Waals surface area contributed by atoms with Gasteiger partial charge in [0.2, 0.25) is 0 Å². The molecule has 0 spiro atoms. The van der Waals surface area contributed by atoms with Gasteiger partial charge in [-0.15, -0.1) is 0 Å². The minimum atomic E-state index is -4.36. The van der Waals surface area contributed by atoms with Gasteiger partial charge in [-0.1, -0.05) is 62.2 Å². The van der Waals surface area contributed by atoms with Crippen LogP contribution in [0.25, 0.3) is 0 Å². The maximum absolute atomic E-state index is 13.6. The molecule has 1 unspecified atom stereocenters. The summed E-state index contributed by atoms with van der Waals surface area (Å²) in [5.74, 6) is -2.71. The number of benzene rings is 2. The van der Waals surface area contributed by atoms with Crippen molar-refractivity contribution in [2.45, 2.75) is 45.2 Å². The molecule has 0 fully saturated rings. The van der Waals surface area contributed by atoms with E-state index in [0.717, 1.165) is 5.56 Å². The Labute approximate surface area is 197 Å². The predicted molar refractivity (Wildman–Crippen MR) is 124 cm³/mol. The zero-order valence-corrected chi connectivity index (χ0v) is 20.0. The molecule has 2 aromatic carbocycles. The third-order valence-electron chi connectivity index (χ3n) is 5.77. The number of ether oxygens (including phenoxy) is 1. The van der Waals surface area contributed by atoms with Crippen molar-refractivity contribution in [2.75, 3.05) is 19.0 Å². The van der Waals surface area contributed by atoms with Gasteiger partial charge >= 0.3 is 12.1 Å². The summed E-state index contributed by atoms with van der Waals surface area (Å²) < 4.78 is 45.5. The summed E-state index contributed by atoms with van der Waals surface area (Å²) >= 11 is 12.2. The molecule has 0 aliphatic heterocycles. The van der Waals surface area contributed by atoms with Crippen LogP contribution in [0.5, 0.6) is 0 Å². The van der Waals surface area contributed by atoms with E-state index in [1.165, 1.54) is 14.0 Å². The molecule has 0 aliphatic carbocycles. The molecular formula is C24H28Cl2F3NO2. The summed E-state index contributed by atoms with van der Waals surface area (Å²) in [6.07, 6.45) is -4.16. The molecule has 0 bridgehead atoms. The molecule has 0 amide bonds. The van der Waals surface area contributed by atoms with Gasteiger partial charge in [0.05, 0.1) is 30.2 Å². The van der Waals surface area contributed by atoms with Gasteiger partial charge in [0.1, 0.15) is 0 Å². The predicted octanol–water partition coefficient (Wildman–Crippen LogP) is 7.69. The number of carbonyl (C=O) groups is 1. The van der Waals surface area contributed by atoms with E-state index in [-0.39, 0.29) is 30.8 Å². The molecule has 0 aliphatic rings. The second kappa shape index (κ2) is 11.3. The number of hydrogen-bond donors (Lipinski definition) is 1. The summed E-state index contributed by atoms with van der Waals surface area (Å²) in [7, 11) is 1.34. The lowest BCUT2D eigenvalue weighted by Gasteiger charge is -2.28. The normalized spacial score (nSPS) is 14.7. The van der Waals surface area contributed by atoms with Crippen LogP contribution < -0.4 is 5.32 Å². The maximum atomic E-state index is 13.6. The van der Waals surface area contributed by atoms with Gasteiger partial charge in [0.25, 0.3) is 0 Å². The number of nitrogens with one attached hydrogen (secondary N) is 1. The minimum absolute atomic E-state index is 0.0226. The highest BCUT2D eigenvalue weighted by molar-refractivity contribution is 6.33. The largest absolute Gasteiger partial charge is 0.469 e. The van der Waals surface area contributed by atoms with Crippen molar-refractivity contribution in [3.63, 3.8) is 0 Å². The first-order valence-corrected chi connectivity index (χ1v) is 11.1. The Balaban J connectivity index is 2.31. The first kappa shape index (κ1) is 26.3. The van der Waals surface area contributed by atoms with Crippen LogP contribution in [0.1, 0.15) is 50.2 Å². The van der Waals surface area contributed by atoms with Gasteiger partial charge in [-0.2, -0.15) is 13.2 Å². The van der Waals surface area contributed by atoms with Gasteiger partial charge in [-0.05, 0) is 47.2 Å². The quantitative estimate of drug-likeness (QED) is 0.366. The molecule has 2 aromatic rings. The Morgan fingerprint density at radius 2 is 1.59 bits per heavy atom. The van der Waals surface area contributed by atoms with E-state index < -0.39 is 18.0 Å². The topological polar surface area (TPSA) is 38.3 Å². The van der Waals surface area contributed by atoms with Crippen LogP contribution in [-0.4, -0.2) is 25.8 Å². The van der Waals surface area contributed by atoms with Gasteiger partial charge in [-0.25, -0.2) is 0 Å². The maximum Gasteiger partial charge on any atom is 0.392 e. The van der Waals surface area contributed by atoms with Crippen LogP contribution >= 0.6 is 23.2 Å². The Kier molecular flexibility index (Phi) is 9.28. The highest BCUT2D eigenvalue weighted by atomic mass is 35.5. The van der Waals surface area contributed by atoms with E-state index in [4.69, 9.17) is 27.9 Å². The first-order chi connectivity index (χ1) is 14.9. The molecule has 0 saturated carbocycles. The summed E-state index contributed by atoms with van der Waals surface area (Å²) in [6, 6.07) is 11.7. The highest BCUT2D eigenvalue weighted by Gasteiger charge is 2.41. The fourth-order valence-corrected chi connectivity index (χ4v) is 3.96. The van der Waals surface area contributed by atoms with Crippen molar-refractivity contribution < 1.29 is 22.7 Å². The van der Waals surface area contributed by atoms with E-state index in [1.54, 1.807) is 36.4 Å². The van der Waals surface area contributed by atoms with Crippen molar-refractivity contribution in [3.05, 3.63) is 63.6 Å².